The molecule has 0 spiro atoms. The van der Waals surface area contributed by atoms with Gasteiger partial charge in [-0.05, 0) is 17.7 Å². The normalized spacial score (nSPS) is 9.29. The minimum Gasteiger partial charge on any atom is -0.497 e. The van der Waals surface area contributed by atoms with Gasteiger partial charge in [0.05, 0.1) is 19.2 Å². The first-order chi connectivity index (χ1) is 8.15. The Morgan fingerprint density at radius 1 is 1.35 bits per heavy atom. The largest absolute Gasteiger partial charge is 0.497 e. The summed E-state index contributed by atoms with van der Waals surface area (Å²) >= 11 is 5.06. The Morgan fingerprint density at radius 2 is 2.12 bits per heavy atom. The van der Waals surface area contributed by atoms with Gasteiger partial charge in [-0.15, -0.1) is 0 Å². The molecule has 92 valence electrons. The Labute approximate surface area is 105 Å². The zero-order valence-electron chi connectivity index (χ0n) is 9.65. The standard InChI is InChI=1S/C11H14N2O3S/c1-15-9-5-3-4-8(6-9)7-10(17)12-13-11(14)16-2/h3-6H,7H2,1-2H3,(H,12,17)(H,13,14). The predicted octanol–water partition coefficient (Wildman–Crippen LogP) is 1.43. The van der Waals surface area contributed by atoms with Gasteiger partial charge >= 0.3 is 6.09 Å². The van der Waals surface area contributed by atoms with Crippen molar-refractivity contribution >= 4 is 23.3 Å². The summed E-state index contributed by atoms with van der Waals surface area (Å²) in [6, 6.07) is 7.54. The van der Waals surface area contributed by atoms with Crippen molar-refractivity contribution in [1.82, 2.24) is 10.9 Å². The van der Waals surface area contributed by atoms with E-state index in [4.69, 9.17) is 17.0 Å². The third-order valence-electron chi connectivity index (χ3n) is 1.99. The van der Waals surface area contributed by atoms with Gasteiger partial charge in [0, 0.05) is 6.42 Å². The van der Waals surface area contributed by atoms with Crippen LogP contribution in [0.4, 0.5) is 4.79 Å². The second kappa shape index (κ2) is 6.70. The topological polar surface area (TPSA) is 59.6 Å². The number of hydrazine groups is 1. The summed E-state index contributed by atoms with van der Waals surface area (Å²) in [5.74, 6) is 0.770. The summed E-state index contributed by atoms with van der Waals surface area (Å²) in [5, 5.41) is 0. The summed E-state index contributed by atoms with van der Waals surface area (Å²) in [6.07, 6.45) is -0.0747. The van der Waals surface area contributed by atoms with Crippen molar-refractivity contribution in [2.75, 3.05) is 14.2 Å². The lowest BCUT2D eigenvalue weighted by Crippen LogP contribution is -2.41. The molecule has 1 aromatic rings. The molecule has 1 rings (SSSR count). The number of nitrogens with one attached hydrogen (secondary N) is 2. The first-order valence-electron chi connectivity index (χ1n) is 4.91. The third kappa shape index (κ3) is 4.69. The molecular weight excluding hydrogens is 240 g/mol. The van der Waals surface area contributed by atoms with E-state index in [0.717, 1.165) is 11.3 Å². The van der Waals surface area contributed by atoms with E-state index in [9.17, 15) is 4.79 Å². The van der Waals surface area contributed by atoms with E-state index in [1.807, 2.05) is 24.3 Å². The van der Waals surface area contributed by atoms with Crippen molar-refractivity contribution in [1.29, 1.82) is 0 Å². The lowest BCUT2D eigenvalue weighted by molar-refractivity contribution is 0.169. The molecule has 0 aromatic heterocycles. The smallest absolute Gasteiger partial charge is 0.425 e. The molecule has 0 radical (unpaired) electrons. The Balaban J connectivity index is 2.47. The second-order valence-electron chi connectivity index (χ2n) is 3.19. The maximum absolute atomic E-state index is 10.8. The molecule has 0 aliphatic carbocycles. The van der Waals surface area contributed by atoms with Crippen LogP contribution in [-0.4, -0.2) is 25.3 Å². The van der Waals surface area contributed by atoms with Gasteiger partial charge < -0.3 is 9.47 Å². The average Bonchev–Trinajstić information content (AvgIpc) is 2.36. The number of thiocarbonyl (C=S) groups is 1. The minimum atomic E-state index is -0.585. The number of carbonyl (C=O) groups is 1. The van der Waals surface area contributed by atoms with Gasteiger partial charge in [0.25, 0.3) is 0 Å². The van der Waals surface area contributed by atoms with E-state index in [-0.39, 0.29) is 0 Å². The first-order valence-corrected chi connectivity index (χ1v) is 5.32. The van der Waals surface area contributed by atoms with Crippen molar-refractivity contribution < 1.29 is 14.3 Å². The molecule has 0 unspecified atom stereocenters. The fourth-order valence-corrected chi connectivity index (χ4v) is 1.40. The number of methoxy groups -OCH3 is 2. The van der Waals surface area contributed by atoms with Crippen LogP contribution in [0.15, 0.2) is 24.3 Å². The van der Waals surface area contributed by atoms with Gasteiger partial charge in [-0.2, -0.15) is 0 Å². The molecule has 6 heteroatoms. The third-order valence-corrected chi connectivity index (χ3v) is 2.23. The Morgan fingerprint density at radius 3 is 2.76 bits per heavy atom. The molecule has 0 saturated heterocycles. The molecule has 1 amide bonds. The highest BCUT2D eigenvalue weighted by Gasteiger charge is 2.02. The molecule has 0 saturated carbocycles. The molecule has 0 aliphatic rings. The summed E-state index contributed by atoms with van der Waals surface area (Å²) in [7, 11) is 2.89. The van der Waals surface area contributed by atoms with Gasteiger partial charge in [0.2, 0.25) is 0 Å². The number of hydrogen-bond acceptors (Lipinski definition) is 4. The van der Waals surface area contributed by atoms with E-state index in [1.165, 1.54) is 7.11 Å². The lowest BCUT2D eigenvalue weighted by Gasteiger charge is -2.09. The van der Waals surface area contributed by atoms with Crippen molar-refractivity contribution in [3.63, 3.8) is 0 Å². The minimum absolute atomic E-state index is 0.489. The summed E-state index contributed by atoms with van der Waals surface area (Å²) < 4.78 is 9.49. The average molecular weight is 254 g/mol. The monoisotopic (exact) mass is 254 g/mol. The van der Waals surface area contributed by atoms with Crippen molar-refractivity contribution in [3.8, 4) is 5.75 Å². The van der Waals surface area contributed by atoms with E-state index in [0.29, 0.717) is 11.4 Å². The molecule has 0 bridgehead atoms. The molecule has 1 aromatic carbocycles. The Kier molecular flexibility index (Phi) is 5.22. The number of amides is 1. The highest BCUT2D eigenvalue weighted by atomic mass is 32.1. The van der Waals surface area contributed by atoms with E-state index >= 15 is 0 Å². The highest BCUT2D eigenvalue weighted by molar-refractivity contribution is 7.80. The molecule has 0 atom stereocenters. The molecule has 0 heterocycles. The number of hydrogen-bond donors (Lipinski definition) is 2. The van der Waals surface area contributed by atoms with Crippen LogP contribution in [0.3, 0.4) is 0 Å². The number of ether oxygens (including phenoxy) is 2. The molecule has 0 aliphatic heterocycles. The zero-order valence-corrected chi connectivity index (χ0v) is 10.5. The van der Waals surface area contributed by atoms with Crippen LogP contribution in [-0.2, 0) is 11.2 Å². The first kappa shape index (κ1) is 13.2. The fourth-order valence-electron chi connectivity index (χ4n) is 1.18. The molecule has 2 N–H and O–H groups in total. The van der Waals surface area contributed by atoms with Gasteiger partial charge in [-0.25, -0.2) is 10.2 Å². The second-order valence-corrected chi connectivity index (χ2v) is 3.69. The number of benzene rings is 1. The Hall–Kier alpha value is -1.82. The van der Waals surface area contributed by atoms with E-state index in [2.05, 4.69) is 15.6 Å². The molecule has 0 fully saturated rings. The van der Waals surface area contributed by atoms with Crippen LogP contribution in [0.2, 0.25) is 0 Å². The summed E-state index contributed by atoms with van der Waals surface area (Å²) in [4.78, 5) is 11.3. The van der Waals surface area contributed by atoms with Crippen LogP contribution in [0.5, 0.6) is 5.75 Å². The van der Waals surface area contributed by atoms with Gasteiger partial charge in [0.15, 0.2) is 0 Å². The highest BCUT2D eigenvalue weighted by Crippen LogP contribution is 2.12. The predicted molar refractivity (Wildman–Crippen MR) is 68.0 cm³/mol. The molecule has 5 nitrogen and oxygen atoms in total. The lowest BCUT2D eigenvalue weighted by atomic mass is 10.1. The van der Waals surface area contributed by atoms with Crippen LogP contribution in [0.25, 0.3) is 0 Å². The van der Waals surface area contributed by atoms with Crippen molar-refractivity contribution in [3.05, 3.63) is 29.8 Å². The maximum atomic E-state index is 10.8. The van der Waals surface area contributed by atoms with Crippen molar-refractivity contribution in [2.24, 2.45) is 0 Å². The Bertz CT molecular complexity index is 409. The molecular formula is C11H14N2O3S. The van der Waals surface area contributed by atoms with Crippen LogP contribution < -0.4 is 15.6 Å². The molecule has 17 heavy (non-hydrogen) atoms. The summed E-state index contributed by atoms with van der Waals surface area (Å²) in [6.45, 7) is 0. The van der Waals surface area contributed by atoms with Gasteiger partial charge in [-0.1, -0.05) is 24.4 Å². The van der Waals surface area contributed by atoms with Crippen LogP contribution in [0.1, 0.15) is 5.56 Å². The quantitative estimate of drug-likeness (QED) is 0.631. The van der Waals surface area contributed by atoms with Crippen molar-refractivity contribution in [2.45, 2.75) is 6.42 Å². The van der Waals surface area contributed by atoms with Gasteiger partial charge in [-0.3, -0.25) is 5.43 Å². The van der Waals surface area contributed by atoms with Crippen LogP contribution in [0, 0.1) is 0 Å². The maximum Gasteiger partial charge on any atom is 0.425 e. The van der Waals surface area contributed by atoms with Crippen LogP contribution >= 0.6 is 12.2 Å². The van der Waals surface area contributed by atoms with Gasteiger partial charge in [0.1, 0.15) is 5.75 Å². The van der Waals surface area contributed by atoms with E-state index < -0.39 is 6.09 Å². The SMILES string of the molecule is COC(=O)NNC(=S)Cc1cccc(OC)c1. The number of carbonyl (C=O) groups excluding carboxylic acids is 1. The fraction of sp³-hybridized carbons (Fsp3) is 0.273. The zero-order chi connectivity index (χ0) is 12.7. The number of rotatable bonds is 3. The van der Waals surface area contributed by atoms with E-state index in [1.54, 1.807) is 7.11 Å². The summed E-state index contributed by atoms with van der Waals surface area (Å²) in [5.41, 5.74) is 5.88.